The molecule has 0 radical (unpaired) electrons. The Morgan fingerprint density at radius 2 is 2.04 bits per heavy atom. The highest BCUT2D eigenvalue weighted by molar-refractivity contribution is 6.31. The van der Waals surface area contributed by atoms with Crippen molar-refractivity contribution >= 4 is 40.8 Å². The molecule has 0 bridgehead atoms. The molecule has 0 aliphatic carbocycles. The summed E-state index contributed by atoms with van der Waals surface area (Å²) in [5.74, 6) is -0.595. The first-order chi connectivity index (χ1) is 11.4. The van der Waals surface area contributed by atoms with Gasteiger partial charge in [-0.2, -0.15) is 0 Å². The third-order valence-electron chi connectivity index (χ3n) is 3.11. The van der Waals surface area contributed by atoms with E-state index in [4.69, 9.17) is 11.6 Å². The van der Waals surface area contributed by atoms with E-state index in [0.717, 1.165) is 6.07 Å². The van der Waals surface area contributed by atoms with Crippen LogP contribution in [0.5, 0.6) is 5.75 Å². The maximum absolute atomic E-state index is 11.3. The minimum absolute atomic E-state index is 0.0950. The average molecular weight is 348 g/mol. The molecular weight excluding hydrogens is 334 g/mol. The van der Waals surface area contributed by atoms with Crippen molar-refractivity contribution < 1.29 is 14.8 Å². The zero-order valence-corrected chi connectivity index (χ0v) is 13.4. The molecule has 0 fully saturated rings. The number of phenols is 1. The number of benzene rings is 2. The second-order valence-electron chi connectivity index (χ2n) is 4.83. The number of amides is 1. The fraction of sp³-hybridized carbons (Fsp3) is 0.125. The van der Waals surface area contributed by atoms with Crippen LogP contribution in [0.3, 0.4) is 0 Å². The predicted octanol–water partition coefficient (Wildman–Crippen LogP) is 4.05. The summed E-state index contributed by atoms with van der Waals surface area (Å²) in [5.41, 5.74) is 0.840. The third-order valence-corrected chi connectivity index (χ3v) is 3.32. The highest BCUT2D eigenvalue weighted by Gasteiger charge is 2.17. The number of halogens is 1. The molecule has 0 spiro atoms. The number of aliphatic imine (C=N–C) groups is 1. The number of hydrogen-bond donors (Lipinski definition) is 2. The molecule has 0 heterocycles. The largest absolute Gasteiger partial charge is 0.502 e. The van der Waals surface area contributed by atoms with Crippen LogP contribution < -0.4 is 5.32 Å². The van der Waals surface area contributed by atoms with Crippen LogP contribution in [0.2, 0.25) is 5.02 Å². The second kappa shape index (κ2) is 7.56. The Morgan fingerprint density at radius 3 is 2.62 bits per heavy atom. The fourth-order valence-corrected chi connectivity index (χ4v) is 2.09. The standard InChI is InChI=1S/C16H14ClN3O4/c1-2-15(21)19-13-5-3-12(4-6-13)18-9-10-7-11(17)8-14(16(10)22)20(23)24/h3-9,22H,2H2,1H3,(H,19,21). The van der Waals surface area contributed by atoms with Crippen molar-refractivity contribution in [2.24, 2.45) is 4.99 Å². The Hall–Kier alpha value is -2.93. The SMILES string of the molecule is CCC(=O)Nc1ccc(N=Cc2cc(Cl)cc([N+](=O)[O-])c2O)cc1. The number of carbonyl (C=O) groups excluding carboxylic acids is 1. The first-order valence-corrected chi connectivity index (χ1v) is 7.39. The molecule has 0 atom stereocenters. The van der Waals surface area contributed by atoms with Gasteiger partial charge in [-0.25, -0.2) is 0 Å². The molecule has 0 aliphatic heterocycles. The molecule has 124 valence electrons. The van der Waals surface area contributed by atoms with Crippen molar-refractivity contribution in [1.29, 1.82) is 0 Å². The Bertz CT molecular complexity index is 804. The summed E-state index contributed by atoms with van der Waals surface area (Å²) in [6.07, 6.45) is 1.67. The molecule has 2 rings (SSSR count). The van der Waals surface area contributed by atoms with E-state index in [9.17, 15) is 20.0 Å². The van der Waals surface area contributed by atoms with Crippen molar-refractivity contribution in [3.8, 4) is 5.75 Å². The molecular formula is C16H14ClN3O4. The van der Waals surface area contributed by atoms with Crippen LogP contribution in [0.15, 0.2) is 41.4 Å². The lowest BCUT2D eigenvalue weighted by atomic mass is 10.2. The topological polar surface area (TPSA) is 105 Å². The molecule has 2 aromatic rings. The minimum atomic E-state index is -0.718. The summed E-state index contributed by atoms with van der Waals surface area (Å²) in [7, 11) is 0. The second-order valence-corrected chi connectivity index (χ2v) is 5.26. The van der Waals surface area contributed by atoms with Gasteiger partial charge in [0.25, 0.3) is 0 Å². The van der Waals surface area contributed by atoms with E-state index < -0.39 is 16.4 Å². The van der Waals surface area contributed by atoms with Crippen molar-refractivity contribution in [3.05, 3.63) is 57.1 Å². The highest BCUT2D eigenvalue weighted by atomic mass is 35.5. The van der Waals surface area contributed by atoms with Gasteiger partial charge in [-0.3, -0.25) is 19.9 Å². The first kappa shape index (κ1) is 17.4. The number of nitro benzene ring substituents is 1. The average Bonchev–Trinajstić information content (AvgIpc) is 2.56. The zero-order valence-electron chi connectivity index (χ0n) is 12.7. The number of nitrogens with zero attached hydrogens (tertiary/aromatic N) is 2. The van der Waals surface area contributed by atoms with Crippen LogP contribution in [-0.4, -0.2) is 22.2 Å². The maximum atomic E-state index is 11.3. The van der Waals surface area contributed by atoms with Crippen LogP contribution >= 0.6 is 11.6 Å². The Morgan fingerprint density at radius 1 is 1.38 bits per heavy atom. The zero-order chi connectivity index (χ0) is 17.7. The minimum Gasteiger partial charge on any atom is -0.502 e. The summed E-state index contributed by atoms with van der Waals surface area (Å²) in [6, 6.07) is 9.14. The molecule has 7 nitrogen and oxygen atoms in total. The van der Waals surface area contributed by atoms with E-state index in [1.165, 1.54) is 12.3 Å². The molecule has 2 N–H and O–H groups in total. The van der Waals surface area contributed by atoms with E-state index >= 15 is 0 Å². The van der Waals surface area contributed by atoms with Crippen molar-refractivity contribution in [3.63, 3.8) is 0 Å². The lowest BCUT2D eigenvalue weighted by molar-refractivity contribution is -0.385. The maximum Gasteiger partial charge on any atom is 0.312 e. The number of hydrogen-bond acceptors (Lipinski definition) is 5. The van der Waals surface area contributed by atoms with Gasteiger partial charge in [0.2, 0.25) is 11.7 Å². The Balaban J connectivity index is 2.22. The highest BCUT2D eigenvalue weighted by Crippen LogP contribution is 2.32. The summed E-state index contributed by atoms with van der Waals surface area (Å²) in [5, 5.41) is 23.6. The van der Waals surface area contributed by atoms with Crippen molar-refractivity contribution in [2.45, 2.75) is 13.3 Å². The predicted molar refractivity (Wildman–Crippen MR) is 92.4 cm³/mol. The van der Waals surface area contributed by atoms with Gasteiger partial charge in [-0.05, 0) is 30.3 Å². The molecule has 8 heteroatoms. The first-order valence-electron chi connectivity index (χ1n) is 7.01. The van der Waals surface area contributed by atoms with Crippen LogP contribution in [0.1, 0.15) is 18.9 Å². The quantitative estimate of drug-likeness (QED) is 0.483. The molecule has 0 unspecified atom stereocenters. The number of aromatic hydroxyl groups is 1. The Labute approximate surface area is 142 Å². The fourth-order valence-electron chi connectivity index (χ4n) is 1.87. The number of nitrogens with one attached hydrogen (secondary N) is 1. The van der Waals surface area contributed by atoms with Crippen LogP contribution in [0, 0.1) is 10.1 Å². The van der Waals surface area contributed by atoms with Crippen LogP contribution in [-0.2, 0) is 4.79 Å². The third kappa shape index (κ3) is 4.30. The van der Waals surface area contributed by atoms with Crippen molar-refractivity contribution in [1.82, 2.24) is 0 Å². The Kier molecular flexibility index (Phi) is 5.49. The van der Waals surface area contributed by atoms with Gasteiger partial charge >= 0.3 is 5.69 Å². The van der Waals surface area contributed by atoms with Gasteiger partial charge < -0.3 is 10.4 Å². The molecule has 0 aromatic heterocycles. The van der Waals surface area contributed by atoms with E-state index in [1.807, 2.05) is 0 Å². The number of carbonyl (C=O) groups is 1. The molecule has 24 heavy (non-hydrogen) atoms. The molecule has 0 saturated carbocycles. The molecule has 0 aliphatic rings. The van der Waals surface area contributed by atoms with Gasteiger partial charge in [0.15, 0.2) is 0 Å². The molecule has 0 saturated heterocycles. The molecule has 2 aromatic carbocycles. The summed E-state index contributed by atoms with van der Waals surface area (Å²) < 4.78 is 0. The van der Waals surface area contributed by atoms with Crippen LogP contribution in [0.4, 0.5) is 17.1 Å². The number of phenolic OH excluding ortho intramolecular Hbond substituents is 1. The lowest BCUT2D eigenvalue weighted by Gasteiger charge is -2.04. The van der Waals surface area contributed by atoms with E-state index in [2.05, 4.69) is 10.3 Å². The normalized spacial score (nSPS) is 10.8. The number of rotatable bonds is 5. The monoisotopic (exact) mass is 347 g/mol. The van der Waals surface area contributed by atoms with Crippen LogP contribution in [0.25, 0.3) is 0 Å². The molecule has 1 amide bonds. The van der Waals surface area contributed by atoms with Gasteiger partial charge in [-0.1, -0.05) is 18.5 Å². The lowest BCUT2D eigenvalue weighted by Crippen LogP contribution is -2.08. The van der Waals surface area contributed by atoms with E-state index in [-0.39, 0.29) is 16.5 Å². The number of anilines is 1. The van der Waals surface area contributed by atoms with Gasteiger partial charge in [0.05, 0.1) is 10.6 Å². The smallest absolute Gasteiger partial charge is 0.312 e. The summed E-state index contributed by atoms with van der Waals surface area (Å²) in [4.78, 5) is 25.6. The summed E-state index contributed by atoms with van der Waals surface area (Å²) >= 11 is 5.81. The van der Waals surface area contributed by atoms with E-state index in [0.29, 0.717) is 17.8 Å². The van der Waals surface area contributed by atoms with Crippen molar-refractivity contribution in [2.75, 3.05) is 5.32 Å². The van der Waals surface area contributed by atoms with Gasteiger partial charge in [-0.15, -0.1) is 0 Å². The van der Waals surface area contributed by atoms with E-state index in [1.54, 1.807) is 31.2 Å². The van der Waals surface area contributed by atoms with Gasteiger partial charge in [0.1, 0.15) is 0 Å². The van der Waals surface area contributed by atoms with Gasteiger partial charge in [0, 0.05) is 35.0 Å². The number of nitro groups is 1. The summed E-state index contributed by atoms with van der Waals surface area (Å²) in [6.45, 7) is 1.75.